The summed E-state index contributed by atoms with van der Waals surface area (Å²) in [6, 6.07) is 3.29. The maximum Gasteiger partial charge on any atom is 0.257 e. The number of carbonyl (C=O) groups excluding carboxylic acids is 1. The van der Waals surface area contributed by atoms with Gasteiger partial charge < -0.3 is 9.64 Å². The van der Waals surface area contributed by atoms with E-state index in [4.69, 9.17) is 4.74 Å². The second-order valence-electron chi connectivity index (χ2n) is 11.0. The first-order chi connectivity index (χ1) is 14.5. The molecule has 4 bridgehead atoms. The summed E-state index contributed by atoms with van der Waals surface area (Å²) in [7, 11) is 0. The minimum Gasteiger partial charge on any atom is -0.493 e. The molecule has 1 aromatic carbocycles. The van der Waals surface area contributed by atoms with Gasteiger partial charge in [-0.25, -0.2) is 8.78 Å². The lowest BCUT2D eigenvalue weighted by atomic mass is 9.50. The van der Waals surface area contributed by atoms with Crippen molar-refractivity contribution in [3.63, 3.8) is 0 Å². The molecule has 0 N–H and O–H groups in total. The summed E-state index contributed by atoms with van der Waals surface area (Å²) in [5.41, 5.74) is 1.18. The third-order valence-corrected chi connectivity index (χ3v) is 8.45. The van der Waals surface area contributed by atoms with Crippen LogP contribution in [0.4, 0.5) is 8.78 Å². The summed E-state index contributed by atoms with van der Waals surface area (Å²) in [5.74, 6) is 2.50. The van der Waals surface area contributed by atoms with Crippen LogP contribution in [0.3, 0.4) is 0 Å². The minimum absolute atomic E-state index is 0.0760. The molecule has 0 aromatic heterocycles. The van der Waals surface area contributed by atoms with E-state index in [1.807, 2.05) is 6.07 Å². The van der Waals surface area contributed by atoms with Gasteiger partial charge in [-0.3, -0.25) is 4.79 Å². The standard InChI is InChI=1S/C25H31F2NO2/c26-19-3-4-28(13-19)24(29)23-21(18-1-2-18)8-20(9-22(23)27)30-14-25-10-15-5-16(11-25)7-17(6-15)12-25/h8-9,15-19H,1-7,10-14H2. The van der Waals surface area contributed by atoms with Crippen LogP contribution in [0.5, 0.6) is 5.75 Å². The van der Waals surface area contributed by atoms with Crippen molar-refractivity contribution in [2.24, 2.45) is 23.2 Å². The number of carbonyl (C=O) groups is 1. The summed E-state index contributed by atoms with van der Waals surface area (Å²) in [5, 5.41) is 0. The highest BCUT2D eigenvalue weighted by Gasteiger charge is 2.51. The molecule has 162 valence electrons. The zero-order valence-corrected chi connectivity index (χ0v) is 17.5. The Morgan fingerprint density at radius 1 is 1.07 bits per heavy atom. The number of likely N-dealkylation sites (tertiary alicyclic amines) is 1. The predicted octanol–water partition coefficient (Wildman–Crippen LogP) is 5.48. The SMILES string of the molecule is O=C(c1c(F)cc(OCC23CC4CC(CC(C4)C2)C3)cc1C1CC1)N1CCC(F)C1. The predicted molar refractivity (Wildman–Crippen MR) is 110 cm³/mol. The average molecular weight is 416 g/mol. The maximum atomic E-state index is 15.2. The van der Waals surface area contributed by atoms with Crippen molar-refractivity contribution in [1.82, 2.24) is 4.90 Å². The second kappa shape index (κ2) is 6.93. The molecule has 1 atom stereocenters. The van der Waals surface area contributed by atoms with Crippen LogP contribution < -0.4 is 4.74 Å². The zero-order chi connectivity index (χ0) is 20.5. The van der Waals surface area contributed by atoms with Crippen molar-refractivity contribution >= 4 is 5.91 Å². The van der Waals surface area contributed by atoms with E-state index in [0.29, 0.717) is 25.3 Å². The van der Waals surface area contributed by atoms with Crippen molar-refractivity contribution in [3.8, 4) is 5.75 Å². The Bertz CT molecular complexity index is 830. The van der Waals surface area contributed by atoms with Gasteiger partial charge >= 0.3 is 0 Å². The Morgan fingerprint density at radius 2 is 1.73 bits per heavy atom. The van der Waals surface area contributed by atoms with Gasteiger partial charge in [0.2, 0.25) is 0 Å². The first-order valence-corrected chi connectivity index (χ1v) is 11.9. The fraction of sp³-hybridized carbons (Fsp3) is 0.720. The molecule has 1 unspecified atom stereocenters. The van der Waals surface area contributed by atoms with E-state index in [9.17, 15) is 9.18 Å². The lowest BCUT2D eigenvalue weighted by Gasteiger charge is -2.56. The van der Waals surface area contributed by atoms with Gasteiger partial charge in [0, 0.05) is 18.0 Å². The number of alkyl halides is 1. The lowest BCUT2D eigenvalue weighted by molar-refractivity contribution is -0.0745. The molecule has 1 aromatic rings. The van der Waals surface area contributed by atoms with E-state index in [0.717, 1.165) is 36.2 Å². The van der Waals surface area contributed by atoms with E-state index < -0.39 is 12.0 Å². The molecule has 7 rings (SSSR count). The largest absolute Gasteiger partial charge is 0.493 e. The smallest absolute Gasteiger partial charge is 0.257 e. The van der Waals surface area contributed by atoms with E-state index in [1.165, 1.54) is 49.5 Å². The fourth-order valence-electron chi connectivity index (χ4n) is 7.39. The van der Waals surface area contributed by atoms with Gasteiger partial charge in [-0.05, 0) is 93.1 Å². The van der Waals surface area contributed by atoms with Gasteiger partial charge in [0.1, 0.15) is 17.7 Å². The van der Waals surface area contributed by atoms with Crippen molar-refractivity contribution in [2.45, 2.75) is 69.9 Å². The van der Waals surface area contributed by atoms with Crippen LogP contribution in [0, 0.1) is 29.0 Å². The van der Waals surface area contributed by atoms with E-state index in [1.54, 1.807) is 0 Å². The van der Waals surface area contributed by atoms with Crippen LogP contribution in [-0.2, 0) is 0 Å². The molecule has 6 fully saturated rings. The number of hydrogen-bond donors (Lipinski definition) is 0. The molecule has 1 saturated heterocycles. The molecule has 3 nitrogen and oxygen atoms in total. The number of benzene rings is 1. The molecular formula is C25H31F2NO2. The molecule has 1 aliphatic heterocycles. The number of nitrogens with zero attached hydrogens (tertiary/aromatic N) is 1. The molecule has 30 heavy (non-hydrogen) atoms. The highest BCUT2D eigenvalue weighted by atomic mass is 19.1. The van der Waals surface area contributed by atoms with E-state index in [2.05, 4.69) is 0 Å². The molecule has 6 aliphatic rings. The van der Waals surface area contributed by atoms with Crippen LogP contribution in [-0.4, -0.2) is 36.7 Å². The number of rotatable bonds is 5. The summed E-state index contributed by atoms with van der Waals surface area (Å²) < 4.78 is 35.0. The molecule has 5 saturated carbocycles. The highest BCUT2D eigenvalue weighted by molar-refractivity contribution is 5.96. The van der Waals surface area contributed by atoms with E-state index in [-0.39, 0.29) is 29.3 Å². The Morgan fingerprint density at radius 3 is 2.30 bits per heavy atom. The average Bonchev–Trinajstić information content (AvgIpc) is 3.45. The van der Waals surface area contributed by atoms with Crippen molar-refractivity contribution in [3.05, 3.63) is 29.1 Å². The molecule has 0 spiro atoms. The molecule has 1 heterocycles. The van der Waals surface area contributed by atoms with Crippen LogP contribution in [0.1, 0.15) is 79.6 Å². The topological polar surface area (TPSA) is 29.5 Å². The zero-order valence-electron chi connectivity index (χ0n) is 17.5. The van der Waals surface area contributed by atoms with Gasteiger partial charge in [0.15, 0.2) is 0 Å². The Kier molecular flexibility index (Phi) is 4.40. The number of halogens is 2. The first kappa shape index (κ1) is 19.1. The Balaban J connectivity index is 1.23. The van der Waals surface area contributed by atoms with Crippen LogP contribution in [0.15, 0.2) is 12.1 Å². The minimum atomic E-state index is -0.996. The lowest BCUT2D eigenvalue weighted by Crippen LogP contribution is -2.48. The molecular weight excluding hydrogens is 384 g/mol. The van der Waals surface area contributed by atoms with Gasteiger partial charge in [-0.15, -0.1) is 0 Å². The highest BCUT2D eigenvalue weighted by Crippen LogP contribution is 2.60. The van der Waals surface area contributed by atoms with E-state index >= 15 is 4.39 Å². The Labute approximate surface area is 177 Å². The Hall–Kier alpha value is -1.65. The maximum absolute atomic E-state index is 15.2. The van der Waals surface area contributed by atoms with Gasteiger partial charge in [-0.1, -0.05) is 0 Å². The number of amides is 1. The summed E-state index contributed by atoms with van der Waals surface area (Å²) in [4.78, 5) is 14.4. The number of ether oxygens (including phenoxy) is 1. The molecule has 5 heteroatoms. The van der Waals surface area contributed by atoms with Crippen molar-refractivity contribution < 1.29 is 18.3 Å². The molecule has 1 amide bonds. The van der Waals surface area contributed by atoms with Gasteiger partial charge in [0.25, 0.3) is 5.91 Å². The normalized spacial score (nSPS) is 37.1. The van der Waals surface area contributed by atoms with Crippen LogP contribution in [0.2, 0.25) is 0 Å². The third kappa shape index (κ3) is 3.33. The summed E-state index contributed by atoms with van der Waals surface area (Å²) in [6.45, 7) is 1.11. The number of hydrogen-bond acceptors (Lipinski definition) is 2. The first-order valence-electron chi connectivity index (χ1n) is 11.9. The third-order valence-electron chi connectivity index (χ3n) is 8.45. The quantitative estimate of drug-likeness (QED) is 0.637. The molecule has 0 radical (unpaired) electrons. The fourth-order valence-corrected chi connectivity index (χ4v) is 7.39. The van der Waals surface area contributed by atoms with Crippen LogP contribution >= 0.6 is 0 Å². The van der Waals surface area contributed by atoms with Crippen molar-refractivity contribution in [2.75, 3.05) is 19.7 Å². The monoisotopic (exact) mass is 415 g/mol. The summed E-state index contributed by atoms with van der Waals surface area (Å²) in [6.07, 6.45) is 9.26. The second-order valence-corrected chi connectivity index (χ2v) is 11.0. The van der Waals surface area contributed by atoms with Crippen LogP contribution in [0.25, 0.3) is 0 Å². The van der Waals surface area contributed by atoms with Crippen molar-refractivity contribution in [1.29, 1.82) is 0 Å². The van der Waals surface area contributed by atoms with Gasteiger partial charge in [-0.2, -0.15) is 0 Å². The molecule has 5 aliphatic carbocycles. The summed E-state index contributed by atoms with van der Waals surface area (Å²) >= 11 is 0. The van der Waals surface area contributed by atoms with Gasteiger partial charge in [0.05, 0.1) is 18.7 Å².